The highest BCUT2D eigenvalue weighted by Gasteiger charge is 2.24. The van der Waals surface area contributed by atoms with Crippen molar-refractivity contribution in [2.45, 2.75) is 32.1 Å². The lowest BCUT2D eigenvalue weighted by Crippen LogP contribution is -2.18. The number of aryl methyl sites for hydroxylation is 1. The summed E-state index contributed by atoms with van der Waals surface area (Å²) in [5.41, 5.74) is 10.1. The van der Waals surface area contributed by atoms with Crippen molar-refractivity contribution in [3.63, 3.8) is 0 Å². The van der Waals surface area contributed by atoms with Gasteiger partial charge >= 0.3 is 0 Å². The summed E-state index contributed by atoms with van der Waals surface area (Å²) in [6.45, 7) is 3.46. The summed E-state index contributed by atoms with van der Waals surface area (Å²) in [5.74, 6) is 1.38. The van der Waals surface area contributed by atoms with Crippen molar-refractivity contribution in [1.82, 2.24) is 9.97 Å². The fraction of sp³-hybridized carbons (Fsp3) is 0.412. The Bertz CT molecular complexity index is 620. The van der Waals surface area contributed by atoms with Crippen molar-refractivity contribution in [2.75, 3.05) is 18.4 Å². The number of hydrogen-bond acceptors (Lipinski definition) is 4. The number of nitrogens with one attached hydrogen (secondary N) is 1. The summed E-state index contributed by atoms with van der Waals surface area (Å²) in [7, 11) is 0. The molecular formula is C17H22N4. The lowest BCUT2D eigenvalue weighted by atomic mass is 9.82. The van der Waals surface area contributed by atoms with Crippen LogP contribution in [-0.4, -0.2) is 23.1 Å². The number of nitrogens with two attached hydrogens (primary N) is 1. The summed E-state index contributed by atoms with van der Waals surface area (Å²) in [4.78, 5) is 9.37. The molecule has 0 spiro atoms. The molecule has 21 heavy (non-hydrogen) atoms. The van der Waals surface area contributed by atoms with E-state index in [1.807, 2.05) is 6.20 Å². The highest BCUT2D eigenvalue weighted by atomic mass is 15.0. The lowest BCUT2D eigenvalue weighted by Gasteiger charge is -2.27. The molecule has 0 atom stereocenters. The Labute approximate surface area is 125 Å². The van der Waals surface area contributed by atoms with Gasteiger partial charge in [0.05, 0.1) is 17.6 Å². The monoisotopic (exact) mass is 282 g/mol. The predicted molar refractivity (Wildman–Crippen MR) is 86.3 cm³/mol. The highest BCUT2D eigenvalue weighted by molar-refractivity contribution is 5.59. The van der Waals surface area contributed by atoms with Gasteiger partial charge in [-0.1, -0.05) is 30.2 Å². The smallest absolute Gasteiger partial charge is 0.159 e. The second-order valence-corrected chi connectivity index (χ2v) is 5.71. The Kier molecular flexibility index (Phi) is 4.15. The van der Waals surface area contributed by atoms with E-state index in [0.29, 0.717) is 12.5 Å². The molecule has 1 heterocycles. The minimum atomic E-state index is 0.567. The first-order valence-corrected chi connectivity index (χ1v) is 7.66. The van der Waals surface area contributed by atoms with Crippen LogP contribution in [0.3, 0.4) is 0 Å². The number of aromatic nitrogens is 2. The number of rotatable bonds is 5. The van der Waals surface area contributed by atoms with Crippen molar-refractivity contribution in [1.29, 1.82) is 0 Å². The Morgan fingerprint density at radius 1 is 1.33 bits per heavy atom. The van der Waals surface area contributed by atoms with E-state index in [9.17, 15) is 0 Å². The van der Waals surface area contributed by atoms with E-state index < -0.39 is 0 Å². The van der Waals surface area contributed by atoms with Crippen molar-refractivity contribution >= 4 is 5.69 Å². The zero-order valence-electron chi connectivity index (χ0n) is 12.5. The van der Waals surface area contributed by atoms with Crippen LogP contribution in [0, 0.1) is 6.92 Å². The average molecular weight is 282 g/mol. The molecule has 1 aromatic heterocycles. The van der Waals surface area contributed by atoms with Gasteiger partial charge in [-0.15, -0.1) is 0 Å². The largest absolute Gasteiger partial charge is 0.381 e. The van der Waals surface area contributed by atoms with Crippen LogP contribution in [0.1, 0.15) is 36.4 Å². The van der Waals surface area contributed by atoms with Gasteiger partial charge in [0.25, 0.3) is 0 Å². The normalized spacial score (nSPS) is 14.8. The molecule has 0 aliphatic heterocycles. The maximum Gasteiger partial charge on any atom is 0.159 e. The molecule has 3 N–H and O–H groups in total. The molecule has 1 aliphatic carbocycles. The van der Waals surface area contributed by atoms with Gasteiger partial charge in [0.2, 0.25) is 0 Å². The lowest BCUT2D eigenvalue weighted by molar-refractivity contribution is 0.412. The van der Waals surface area contributed by atoms with Gasteiger partial charge in [-0.05, 0) is 25.8 Å². The summed E-state index contributed by atoms with van der Waals surface area (Å²) >= 11 is 0. The van der Waals surface area contributed by atoms with Crippen molar-refractivity contribution in [3.8, 4) is 11.4 Å². The first-order valence-electron chi connectivity index (χ1n) is 7.66. The molecule has 1 aliphatic rings. The predicted octanol–water partition coefficient (Wildman–Crippen LogP) is 3.09. The maximum atomic E-state index is 5.58. The minimum Gasteiger partial charge on any atom is -0.381 e. The van der Waals surface area contributed by atoms with E-state index in [-0.39, 0.29) is 0 Å². The second-order valence-electron chi connectivity index (χ2n) is 5.71. The van der Waals surface area contributed by atoms with E-state index in [4.69, 9.17) is 10.7 Å². The topological polar surface area (TPSA) is 63.8 Å². The molecule has 3 rings (SSSR count). The molecule has 0 radical (unpaired) electrons. The van der Waals surface area contributed by atoms with E-state index in [1.54, 1.807) is 0 Å². The van der Waals surface area contributed by atoms with E-state index in [0.717, 1.165) is 29.3 Å². The number of anilines is 1. The molecule has 0 saturated heterocycles. The molecule has 1 saturated carbocycles. The fourth-order valence-electron chi connectivity index (χ4n) is 2.65. The van der Waals surface area contributed by atoms with Crippen LogP contribution in [-0.2, 0) is 0 Å². The number of hydrogen-bond donors (Lipinski definition) is 2. The molecule has 1 aromatic carbocycles. The number of benzene rings is 1. The number of nitrogens with zero attached hydrogens (tertiary/aromatic N) is 2. The van der Waals surface area contributed by atoms with Crippen LogP contribution in [0.4, 0.5) is 5.69 Å². The van der Waals surface area contributed by atoms with Gasteiger partial charge in [0, 0.05) is 24.6 Å². The van der Waals surface area contributed by atoms with Crippen LogP contribution in [0.5, 0.6) is 0 Å². The molecule has 110 valence electrons. The van der Waals surface area contributed by atoms with E-state index >= 15 is 0 Å². The third-order valence-electron chi connectivity index (χ3n) is 4.05. The zero-order chi connectivity index (χ0) is 14.7. The summed E-state index contributed by atoms with van der Waals surface area (Å²) in [6.07, 6.45) is 5.65. The third kappa shape index (κ3) is 3.05. The van der Waals surface area contributed by atoms with Gasteiger partial charge in [-0.3, -0.25) is 0 Å². The van der Waals surface area contributed by atoms with E-state index in [1.165, 1.54) is 24.8 Å². The Hall–Kier alpha value is -1.94. The SMILES string of the molecule is Cc1cccc(-c2ncc(NCCN)c(C3CCC3)n2)c1. The van der Waals surface area contributed by atoms with Gasteiger partial charge in [0.1, 0.15) is 0 Å². The Morgan fingerprint density at radius 2 is 2.19 bits per heavy atom. The first kappa shape index (κ1) is 14.0. The standard InChI is InChI=1S/C17H22N4/c1-12-4-2-7-14(10-12)17-20-11-15(19-9-8-18)16(21-17)13-5-3-6-13/h2,4,7,10-11,13,19H,3,5-6,8-9,18H2,1H3. The van der Waals surface area contributed by atoms with Gasteiger partial charge in [0.15, 0.2) is 5.82 Å². The Morgan fingerprint density at radius 3 is 2.86 bits per heavy atom. The van der Waals surface area contributed by atoms with Crippen LogP contribution in [0.15, 0.2) is 30.5 Å². The molecule has 2 aromatic rings. The molecule has 4 heteroatoms. The van der Waals surface area contributed by atoms with Crippen molar-refractivity contribution in [2.24, 2.45) is 5.73 Å². The Balaban J connectivity index is 1.95. The quantitative estimate of drug-likeness (QED) is 0.884. The van der Waals surface area contributed by atoms with Crippen LogP contribution in [0.2, 0.25) is 0 Å². The van der Waals surface area contributed by atoms with Crippen LogP contribution in [0.25, 0.3) is 11.4 Å². The van der Waals surface area contributed by atoms with Crippen LogP contribution < -0.4 is 11.1 Å². The third-order valence-corrected chi connectivity index (χ3v) is 4.05. The van der Waals surface area contributed by atoms with Crippen molar-refractivity contribution < 1.29 is 0 Å². The molecule has 0 amide bonds. The van der Waals surface area contributed by atoms with Gasteiger partial charge < -0.3 is 11.1 Å². The highest BCUT2D eigenvalue weighted by Crippen LogP contribution is 2.39. The second kappa shape index (κ2) is 6.22. The molecule has 1 fully saturated rings. The summed E-state index contributed by atoms with van der Waals surface area (Å²) < 4.78 is 0. The van der Waals surface area contributed by atoms with Gasteiger partial charge in [-0.2, -0.15) is 0 Å². The molecule has 4 nitrogen and oxygen atoms in total. The van der Waals surface area contributed by atoms with Crippen LogP contribution >= 0.6 is 0 Å². The van der Waals surface area contributed by atoms with Crippen molar-refractivity contribution in [3.05, 3.63) is 41.7 Å². The summed E-state index contributed by atoms with van der Waals surface area (Å²) in [5, 5.41) is 3.35. The fourth-order valence-corrected chi connectivity index (χ4v) is 2.65. The summed E-state index contributed by atoms with van der Waals surface area (Å²) in [6, 6.07) is 8.35. The van der Waals surface area contributed by atoms with Gasteiger partial charge in [-0.25, -0.2) is 9.97 Å². The zero-order valence-corrected chi connectivity index (χ0v) is 12.5. The average Bonchev–Trinajstić information content (AvgIpc) is 2.44. The molecule has 0 bridgehead atoms. The molecular weight excluding hydrogens is 260 g/mol. The first-order chi connectivity index (χ1) is 10.3. The van der Waals surface area contributed by atoms with E-state index in [2.05, 4.69) is 41.5 Å². The minimum absolute atomic E-state index is 0.567. The maximum absolute atomic E-state index is 5.58. The molecule has 0 unspecified atom stereocenters.